The molecule has 7 heteroatoms. The molecule has 2 aromatic heterocycles. The van der Waals surface area contributed by atoms with Gasteiger partial charge in [0.2, 0.25) is 0 Å². The molecule has 1 unspecified atom stereocenters. The predicted octanol–water partition coefficient (Wildman–Crippen LogP) is 2.38. The van der Waals surface area contributed by atoms with E-state index in [1.165, 1.54) is 0 Å². The van der Waals surface area contributed by atoms with Crippen molar-refractivity contribution in [1.29, 1.82) is 5.26 Å². The molecule has 172 valence electrons. The number of nitriles is 1. The highest BCUT2D eigenvalue weighted by atomic mass is 16.3. The highest BCUT2D eigenvalue weighted by Crippen LogP contribution is 2.58. The first-order valence-electron chi connectivity index (χ1n) is 12.1. The molecule has 2 bridgehead atoms. The van der Waals surface area contributed by atoms with Gasteiger partial charge >= 0.3 is 0 Å². The van der Waals surface area contributed by atoms with E-state index in [2.05, 4.69) is 30.0 Å². The van der Waals surface area contributed by atoms with Crippen LogP contribution in [-0.4, -0.2) is 43.0 Å². The minimum Gasteiger partial charge on any atom is -0.390 e. The van der Waals surface area contributed by atoms with Crippen LogP contribution in [0.3, 0.4) is 0 Å². The highest BCUT2D eigenvalue weighted by Gasteiger charge is 2.62. The zero-order valence-corrected chi connectivity index (χ0v) is 20.0. The summed E-state index contributed by atoms with van der Waals surface area (Å²) in [6.07, 6.45) is 12.3. The lowest BCUT2D eigenvalue weighted by Crippen LogP contribution is -2.50. The van der Waals surface area contributed by atoms with Crippen LogP contribution in [0.1, 0.15) is 65.1 Å². The van der Waals surface area contributed by atoms with Crippen molar-refractivity contribution >= 4 is 18.0 Å². The fourth-order valence-electron chi connectivity index (χ4n) is 6.61. The SMILES string of the molecule is Cc1nc(N2CC3(C(C)(C)O)CC2C3)cc(-n2ncc3c2=CC(C)(C2(C#N)CCC2)CC=3)n1. The van der Waals surface area contributed by atoms with Crippen LogP contribution < -0.4 is 15.5 Å². The number of fused-ring (bicyclic) bond motifs is 2. The summed E-state index contributed by atoms with van der Waals surface area (Å²) in [5.74, 6) is 2.38. The first-order chi connectivity index (χ1) is 15.6. The number of hydrogen-bond acceptors (Lipinski definition) is 6. The lowest BCUT2D eigenvalue weighted by molar-refractivity contribution is -0.0754. The van der Waals surface area contributed by atoms with Crippen molar-refractivity contribution in [3.8, 4) is 11.9 Å². The van der Waals surface area contributed by atoms with E-state index in [9.17, 15) is 10.4 Å². The van der Waals surface area contributed by atoms with Crippen LogP contribution in [0.25, 0.3) is 18.0 Å². The van der Waals surface area contributed by atoms with Crippen molar-refractivity contribution in [2.45, 2.75) is 77.9 Å². The molecule has 0 aromatic carbocycles. The minimum absolute atomic E-state index is 0.0551. The largest absolute Gasteiger partial charge is 0.390 e. The van der Waals surface area contributed by atoms with Crippen molar-refractivity contribution in [2.24, 2.45) is 16.2 Å². The van der Waals surface area contributed by atoms with Crippen LogP contribution in [0.5, 0.6) is 0 Å². The van der Waals surface area contributed by atoms with Gasteiger partial charge < -0.3 is 10.0 Å². The average Bonchev–Trinajstić information content (AvgIpc) is 3.37. The molecule has 4 heterocycles. The number of aliphatic hydroxyl groups is 1. The lowest BCUT2D eigenvalue weighted by Gasteiger charge is -2.48. The Morgan fingerprint density at radius 1 is 1.21 bits per heavy atom. The topological polar surface area (TPSA) is 90.9 Å². The van der Waals surface area contributed by atoms with Crippen molar-refractivity contribution in [1.82, 2.24) is 19.7 Å². The normalized spacial score (nSPS) is 31.5. The highest BCUT2D eigenvalue weighted by molar-refractivity contribution is 5.52. The van der Waals surface area contributed by atoms with Crippen LogP contribution >= 0.6 is 0 Å². The molecule has 5 aliphatic rings. The van der Waals surface area contributed by atoms with Gasteiger partial charge in [-0.1, -0.05) is 25.5 Å². The van der Waals surface area contributed by atoms with Gasteiger partial charge in [0.05, 0.1) is 28.6 Å². The Morgan fingerprint density at radius 2 is 1.94 bits per heavy atom. The molecule has 3 aliphatic carbocycles. The maximum Gasteiger partial charge on any atom is 0.159 e. The summed E-state index contributed by atoms with van der Waals surface area (Å²) in [7, 11) is 0. The predicted molar refractivity (Wildman–Crippen MR) is 126 cm³/mol. The molecule has 2 aliphatic heterocycles. The summed E-state index contributed by atoms with van der Waals surface area (Å²) >= 11 is 0. The summed E-state index contributed by atoms with van der Waals surface area (Å²) < 4.78 is 1.91. The molecule has 2 aromatic rings. The van der Waals surface area contributed by atoms with E-state index in [1.807, 2.05) is 37.7 Å². The van der Waals surface area contributed by atoms with Gasteiger partial charge in [0.1, 0.15) is 11.6 Å². The maximum absolute atomic E-state index is 10.7. The zero-order valence-electron chi connectivity index (χ0n) is 20.0. The van der Waals surface area contributed by atoms with Crippen LogP contribution in [-0.2, 0) is 0 Å². The number of rotatable bonds is 4. The third kappa shape index (κ3) is 2.73. The molecule has 1 N–H and O–H groups in total. The second kappa shape index (κ2) is 6.44. The van der Waals surface area contributed by atoms with Gasteiger partial charge in [-0.3, -0.25) is 0 Å². The van der Waals surface area contributed by atoms with Crippen molar-refractivity contribution in [3.05, 3.63) is 28.7 Å². The molecule has 1 atom stereocenters. The Morgan fingerprint density at radius 3 is 2.55 bits per heavy atom. The summed E-state index contributed by atoms with van der Waals surface area (Å²) in [4.78, 5) is 11.8. The third-order valence-electron chi connectivity index (χ3n) is 9.34. The van der Waals surface area contributed by atoms with E-state index in [-0.39, 0.29) is 16.2 Å². The van der Waals surface area contributed by atoms with Gasteiger partial charge in [0, 0.05) is 34.7 Å². The molecule has 0 radical (unpaired) electrons. The van der Waals surface area contributed by atoms with Gasteiger partial charge in [-0.2, -0.15) is 10.4 Å². The third-order valence-corrected chi connectivity index (χ3v) is 9.34. The average molecular weight is 445 g/mol. The zero-order chi connectivity index (χ0) is 23.2. The lowest BCUT2D eigenvalue weighted by atomic mass is 9.52. The molecule has 7 rings (SSSR count). The smallest absolute Gasteiger partial charge is 0.159 e. The number of aromatic nitrogens is 4. The number of nitrogens with zero attached hydrogens (tertiary/aromatic N) is 6. The van der Waals surface area contributed by atoms with E-state index in [4.69, 9.17) is 15.1 Å². The molecule has 0 amide bonds. The van der Waals surface area contributed by atoms with Crippen molar-refractivity contribution in [2.75, 3.05) is 11.4 Å². The number of hydrogen-bond donors (Lipinski definition) is 1. The van der Waals surface area contributed by atoms with Crippen LogP contribution in [0.15, 0.2) is 12.3 Å². The van der Waals surface area contributed by atoms with E-state index < -0.39 is 5.60 Å². The van der Waals surface area contributed by atoms with E-state index in [0.717, 1.165) is 67.3 Å². The minimum atomic E-state index is -0.697. The van der Waals surface area contributed by atoms with Gasteiger partial charge in [0.15, 0.2) is 5.82 Å². The summed E-state index contributed by atoms with van der Waals surface area (Å²) in [5.41, 5.74) is -1.24. The maximum atomic E-state index is 10.7. The number of aryl methyl sites for hydroxylation is 1. The Hall–Kier alpha value is -2.72. The molecule has 7 nitrogen and oxygen atoms in total. The molecule has 4 fully saturated rings. The van der Waals surface area contributed by atoms with Crippen molar-refractivity contribution < 1.29 is 5.11 Å². The first kappa shape index (κ1) is 20.9. The summed E-state index contributed by atoms with van der Waals surface area (Å²) in [5, 5.41) is 27.5. The Labute approximate surface area is 194 Å². The Kier molecular flexibility index (Phi) is 4.07. The summed E-state index contributed by atoms with van der Waals surface area (Å²) in [6.45, 7) is 8.82. The van der Waals surface area contributed by atoms with Crippen molar-refractivity contribution in [3.63, 3.8) is 0 Å². The molecular formula is C26H32N6O. The van der Waals surface area contributed by atoms with Gasteiger partial charge in [-0.25, -0.2) is 14.6 Å². The van der Waals surface area contributed by atoms with Gasteiger partial charge in [-0.15, -0.1) is 0 Å². The fourth-order valence-corrected chi connectivity index (χ4v) is 6.61. The quantitative estimate of drug-likeness (QED) is 0.779. The Balaban J connectivity index is 1.41. The molecule has 33 heavy (non-hydrogen) atoms. The van der Waals surface area contributed by atoms with Gasteiger partial charge in [0.25, 0.3) is 0 Å². The monoisotopic (exact) mass is 444 g/mol. The van der Waals surface area contributed by atoms with Crippen LogP contribution in [0, 0.1) is 34.5 Å². The number of anilines is 1. The van der Waals surface area contributed by atoms with E-state index >= 15 is 0 Å². The standard InChI is InChI=1S/C26H32N6O/c1-17-29-21(31-16-26(23(2,3)33)11-19(31)12-26)10-22(30-17)32-20-13-24(4,9-6-18(20)14-28-32)25(15-27)7-5-8-25/h6,10,13-14,19,33H,5,7-9,11-12,16H2,1-4H3. The summed E-state index contributed by atoms with van der Waals surface area (Å²) in [6, 6.07) is 5.10. The molecule has 0 spiro atoms. The second-order valence-electron chi connectivity index (χ2n) is 11.6. The van der Waals surface area contributed by atoms with Gasteiger partial charge in [-0.05, 0) is 52.9 Å². The Bertz CT molecular complexity index is 1300. The first-order valence-corrected chi connectivity index (χ1v) is 12.1. The molecule has 2 saturated carbocycles. The fraction of sp³-hybridized carbons (Fsp3) is 0.615. The molecular weight excluding hydrogens is 412 g/mol. The van der Waals surface area contributed by atoms with E-state index in [0.29, 0.717) is 11.9 Å². The van der Waals surface area contributed by atoms with Crippen LogP contribution in [0.2, 0.25) is 0 Å². The molecule has 2 saturated heterocycles. The van der Waals surface area contributed by atoms with Crippen LogP contribution in [0.4, 0.5) is 5.82 Å². The second-order valence-corrected chi connectivity index (χ2v) is 11.6. The van der Waals surface area contributed by atoms with E-state index in [1.54, 1.807) is 0 Å².